The van der Waals surface area contributed by atoms with E-state index >= 15 is 0 Å². The van der Waals surface area contributed by atoms with Gasteiger partial charge in [-0.05, 0) is 28.8 Å². The minimum atomic E-state index is -0.0210. The lowest BCUT2D eigenvalue weighted by atomic mass is 9.82. The molecule has 0 fully saturated rings. The van der Waals surface area contributed by atoms with Crippen molar-refractivity contribution in [1.29, 1.82) is 0 Å². The zero-order chi connectivity index (χ0) is 12.2. The molecular formula is C15H12BrCl. The van der Waals surface area contributed by atoms with Crippen LogP contribution in [-0.4, -0.2) is 0 Å². The van der Waals surface area contributed by atoms with E-state index in [1.54, 1.807) is 0 Å². The molecule has 0 nitrogen and oxygen atoms in total. The molecule has 0 radical (unpaired) electrons. The minimum Gasteiger partial charge on any atom is -0.0840 e. The molecule has 0 spiro atoms. The van der Waals surface area contributed by atoms with Gasteiger partial charge in [0.05, 0.1) is 0 Å². The third-order valence-corrected chi connectivity index (χ3v) is 4.57. The van der Waals surface area contributed by atoms with Gasteiger partial charge in [-0.3, -0.25) is 0 Å². The summed E-state index contributed by atoms with van der Waals surface area (Å²) in [5.41, 5.74) is 5.10. The van der Waals surface area contributed by atoms with Gasteiger partial charge in [0.1, 0.15) is 0 Å². The van der Waals surface area contributed by atoms with E-state index in [0.717, 1.165) is 9.50 Å². The van der Waals surface area contributed by atoms with Gasteiger partial charge in [-0.25, -0.2) is 0 Å². The number of halogens is 2. The van der Waals surface area contributed by atoms with Crippen molar-refractivity contribution in [2.24, 2.45) is 0 Å². The van der Waals surface area contributed by atoms with Gasteiger partial charge in [-0.1, -0.05) is 65.6 Å². The quantitative estimate of drug-likeness (QED) is 0.610. The zero-order valence-electron chi connectivity index (χ0n) is 9.72. The van der Waals surface area contributed by atoms with E-state index < -0.39 is 0 Å². The van der Waals surface area contributed by atoms with Crippen molar-refractivity contribution in [3.8, 4) is 11.1 Å². The first-order valence-electron chi connectivity index (χ1n) is 5.62. The third kappa shape index (κ3) is 1.42. The van der Waals surface area contributed by atoms with Gasteiger partial charge in [-0.2, -0.15) is 0 Å². The van der Waals surface area contributed by atoms with Gasteiger partial charge in [0.2, 0.25) is 0 Å². The monoisotopic (exact) mass is 306 g/mol. The summed E-state index contributed by atoms with van der Waals surface area (Å²) in [7, 11) is 0. The van der Waals surface area contributed by atoms with Crippen LogP contribution in [-0.2, 0) is 5.41 Å². The fraction of sp³-hybridized carbons (Fsp3) is 0.200. The predicted octanol–water partition coefficient (Wildman–Crippen LogP) is 5.41. The highest BCUT2D eigenvalue weighted by Gasteiger charge is 2.37. The van der Waals surface area contributed by atoms with Gasteiger partial charge in [0.25, 0.3) is 0 Å². The van der Waals surface area contributed by atoms with E-state index in [2.05, 4.69) is 54.0 Å². The van der Waals surface area contributed by atoms with Crippen LogP contribution < -0.4 is 0 Å². The molecule has 0 amide bonds. The van der Waals surface area contributed by atoms with Crippen molar-refractivity contribution in [2.45, 2.75) is 19.3 Å². The SMILES string of the molecule is CC1(C)c2cccc(Br)c2-c2cccc(Cl)c21. The number of benzene rings is 2. The average molecular weight is 308 g/mol. The lowest BCUT2D eigenvalue weighted by Crippen LogP contribution is -2.15. The van der Waals surface area contributed by atoms with Crippen molar-refractivity contribution in [2.75, 3.05) is 0 Å². The summed E-state index contributed by atoms with van der Waals surface area (Å²) >= 11 is 10.0. The Bertz CT molecular complexity index is 614. The first kappa shape index (κ1) is 11.3. The molecule has 0 aliphatic heterocycles. The molecule has 0 saturated carbocycles. The lowest BCUT2D eigenvalue weighted by Gasteiger charge is -2.22. The summed E-state index contributed by atoms with van der Waals surface area (Å²) in [4.78, 5) is 0. The van der Waals surface area contributed by atoms with Crippen molar-refractivity contribution in [3.05, 3.63) is 57.0 Å². The van der Waals surface area contributed by atoms with Crippen molar-refractivity contribution < 1.29 is 0 Å². The smallest absolute Gasteiger partial charge is 0.0453 e. The Balaban J connectivity index is 2.48. The molecule has 86 valence electrons. The Hall–Kier alpha value is -0.790. The topological polar surface area (TPSA) is 0 Å². The summed E-state index contributed by atoms with van der Waals surface area (Å²) in [6, 6.07) is 12.5. The molecule has 0 aromatic heterocycles. The molecule has 0 unspecified atom stereocenters. The van der Waals surface area contributed by atoms with Crippen LogP contribution in [0.5, 0.6) is 0 Å². The molecule has 0 heterocycles. The van der Waals surface area contributed by atoms with E-state index in [1.807, 2.05) is 12.1 Å². The predicted molar refractivity (Wildman–Crippen MR) is 76.7 cm³/mol. The second kappa shape index (κ2) is 3.60. The molecule has 2 heteroatoms. The molecule has 0 bridgehead atoms. The average Bonchev–Trinajstić information content (AvgIpc) is 2.50. The number of fused-ring (bicyclic) bond motifs is 3. The Morgan fingerprint density at radius 2 is 1.76 bits per heavy atom. The molecular weight excluding hydrogens is 296 g/mol. The van der Waals surface area contributed by atoms with Gasteiger partial charge < -0.3 is 0 Å². The first-order chi connectivity index (χ1) is 8.03. The number of hydrogen-bond donors (Lipinski definition) is 0. The fourth-order valence-electron chi connectivity index (χ4n) is 2.82. The molecule has 2 aromatic rings. The Morgan fingerprint density at radius 3 is 2.53 bits per heavy atom. The van der Waals surface area contributed by atoms with Gasteiger partial charge in [-0.15, -0.1) is 0 Å². The van der Waals surface area contributed by atoms with E-state index in [4.69, 9.17) is 11.6 Å². The maximum absolute atomic E-state index is 6.38. The summed E-state index contributed by atoms with van der Waals surface area (Å²) < 4.78 is 1.14. The third-order valence-electron chi connectivity index (χ3n) is 3.59. The van der Waals surface area contributed by atoms with Gasteiger partial charge >= 0.3 is 0 Å². The number of rotatable bonds is 0. The summed E-state index contributed by atoms with van der Waals surface area (Å²) in [5, 5.41) is 0.857. The second-order valence-electron chi connectivity index (χ2n) is 4.95. The van der Waals surface area contributed by atoms with Gasteiger partial charge in [0, 0.05) is 20.5 Å². The highest BCUT2D eigenvalue weighted by molar-refractivity contribution is 9.10. The van der Waals surface area contributed by atoms with Crippen LogP contribution in [0.2, 0.25) is 5.02 Å². The largest absolute Gasteiger partial charge is 0.0840 e. The molecule has 0 atom stereocenters. The molecule has 3 rings (SSSR count). The molecule has 2 aromatic carbocycles. The maximum Gasteiger partial charge on any atom is 0.0453 e. The Labute approximate surface area is 115 Å². The van der Waals surface area contributed by atoms with Crippen LogP contribution in [0, 0.1) is 0 Å². The van der Waals surface area contributed by atoms with Crippen LogP contribution in [0.1, 0.15) is 25.0 Å². The molecule has 1 aliphatic rings. The fourth-order valence-corrected chi connectivity index (χ4v) is 3.81. The molecule has 0 N–H and O–H groups in total. The van der Waals surface area contributed by atoms with Crippen LogP contribution in [0.15, 0.2) is 40.9 Å². The summed E-state index contributed by atoms with van der Waals surface area (Å²) in [5.74, 6) is 0. The molecule has 0 saturated heterocycles. The standard InChI is InChI=1S/C15H12BrCl/c1-15(2)10-6-4-7-11(16)13(10)9-5-3-8-12(17)14(9)15/h3-8H,1-2H3. The highest BCUT2D eigenvalue weighted by Crippen LogP contribution is 2.53. The minimum absolute atomic E-state index is 0.0210. The van der Waals surface area contributed by atoms with E-state index in [1.165, 1.54) is 22.3 Å². The highest BCUT2D eigenvalue weighted by atomic mass is 79.9. The second-order valence-corrected chi connectivity index (χ2v) is 6.21. The van der Waals surface area contributed by atoms with E-state index in [-0.39, 0.29) is 5.41 Å². The summed E-state index contributed by atoms with van der Waals surface area (Å²) in [6.07, 6.45) is 0. The lowest BCUT2D eigenvalue weighted by molar-refractivity contribution is 0.660. The van der Waals surface area contributed by atoms with Gasteiger partial charge in [0.15, 0.2) is 0 Å². The zero-order valence-corrected chi connectivity index (χ0v) is 12.1. The van der Waals surface area contributed by atoms with Crippen LogP contribution in [0.25, 0.3) is 11.1 Å². The normalized spacial score (nSPS) is 15.5. The Kier molecular flexibility index (Phi) is 2.39. The summed E-state index contributed by atoms with van der Waals surface area (Å²) in [6.45, 7) is 4.46. The maximum atomic E-state index is 6.38. The van der Waals surface area contributed by atoms with Crippen LogP contribution >= 0.6 is 27.5 Å². The van der Waals surface area contributed by atoms with Crippen LogP contribution in [0.4, 0.5) is 0 Å². The van der Waals surface area contributed by atoms with Crippen molar-refractivity contribution in [1.82, 2.24) is 0 Å². The van der Waals surface area contributed by atoms with E-state index in [0.29, 0.717) is 0 Å². The molecule has 1 aliphatic carbocycles. The van der Waals surface area contributed by atoms with Crippen molar-refractivity contribution >= 4 is 27.5 Å². The van der Waals surface area contributed by atoms with Crippen molar-refractivity contribution in [3.63, 3.8) is 0 Å². The molecule has 17 heavy (non-hydrogen) atoms. The first-order valence-corrected chi connectivity index (χ1v) is 6.79. The number of hydrogen-bond acceptors (Lipinski definition) is 0. The Morgan fingerprint density at radius 1 is 1.06 bits per heavy atom. The van der Waals surface area contributed by atoms with Crippen LogP contribution in [0.3, 0.4) is 0 Å². The van der Waals surface area contributed by atoms with E-state index in [9.17, 15) is 0 Å².